The van der Waals surface area contributed by atoms with Crippen molar-refractivity contribution in [3.05, 3.63) is 34.9 Å². The highest BCUT2D eigenvalue weighted by Crippen LogP contribution is 2.20. The fourth-order valence-electron chi connectivity index (χ4n) is 2.82. The Labute approximate surface area is 122 Å². The molecule has 1 unspecified atom stereocenters. The van der Waals surface area contributed by atoms with Crippen molar-refractivity contribution >= 4 is 11.6 Å². The maximum atomic E-state index is 5.90. The van der Waals surface area contributed by atoms with Gasteiger partial charge in [-0.05, 0) is 63.0 Å². The summed E-state index contributed by atoms with van der Waals surface area (Å²) in [5, 5.41) is 4.47. The molecule has 1 saturated heterocycles. The molecule has 2 rings (SSSR count). The third kappa shape index (κ3) is 4.48. The molecule has 1 aromatic rings. The Kier molecular flexibility index (Phi) is 5.68. The van der Waals surface area contributed by atoms with Crippen molar-refractivity contribution in [3.8, 4) is 0 Å². The molecule has 1 aliphatic rings. The molecule has 106 valence electrons. The Hall–Kier alpha value is -0.570. The largest absolute Gasteiger partial charge is 0.310 e. The van der Waals surface area contributed by atoms with E-state index in [0.717, 1.165) is 17.5 Å². The first-order valence-corrected chi connectivity index (χ1v) is 7.77. The quantitative estimate of drug-likeness (QED) is 0.887. The van der Waals surface area contributed by atoms with Crippen LogP contribution in [0.4, 0.5) is 0 Å². The Morgan fingerprint density at radius 1 is 1.26 bits per heavy atom. The molecule has 1 atom stereocenters. The van der Waals surface area contributed by atoms with E-state index in [1.807, 2.05) is 12.1 Å². The molecule has 3 heteroatoms. The molecule has 0 bridgehead atoms. The van der Waals surface area contributed by atoms with Crippen molar-refractivity contribution in [2.75, 3.05) is 19.6 Å². The molecule has 1 fully saturated rings. The second kappa shape index (κ2) is 7.28. The standard InChI is InChI=1S/C16H25ClN2/c1-3-19-10-8-15(9-11-19)13(2)18-12-14-4-6-16(17)7-5-14/h4-7,13,15,18H,3,8-12H2,1-2H3. The summed E-state index contributed by atoms with van der Waals surface area (Å²) in [7, 11) is 0. The van der Waals surface area contributed by atoms with Crippen LogP contribution in [0.15, 0.2) is 24.3 Å². The molecule has 1 N–H and O–H groups in total. The average Bonchev–Trinajstić information content (AvgIpc) is 2.46. The molecular weight excluding hydrogens is 256 g/mol. The normalized spacial score (nSPS) is 19.5. The Bertz CT molecular complexity index is 369. The fourth-order valence-corrected chi connectivity index (χ4v) is 2.94. The molecule has 1 heterocycles. The number of hydrogen-bond donors (Lipinski definition) is 1. The van der Waals surface area contributed by atoms with E-state index in [0.29, 0.717) is 6.04 Å². The number of halogens is 1. The first-order valence-electron chi connectivity index (χ1n) is 7.39. The van der Waals surface area contributed by atoms with Gasteiger partial charge in [0.15, 0.2) is 0 Å². The van der Waals surface area contributed by atoms with Gasteiger partial charge in [-0.25, -0.2) is 0 Å². The summed E-state index contributed by atoms with van der Waals surface area (Å²) in [6.07, 6.45) is 2.64. The summed E-state index contributed by atoms with van der Waals surface area (Å²) in [6, 6.07) is 8.71. The van der Waals surface area contributed by atoms with Gasteiger partial charge in [-0.15, -0.1) is 0 Å². The highest BCUT2D eigenvalue weighted by atomic mass is 35.5. The fraction of sp³-hybridized carbons (Fsp3) is 0.625. The van der Waals surface area contributed by atoms with E-state index in [1.165, 1.54) is 38.0 Å². The molecule has 19 heavy (non-hydrogen) atoms. The van der Waals surface area contributed by atoms with Crippen molar-refractivity contribution < 1.29 is 0 Å². The lowest BCUT2D eigenvalue weighted by molar-refractivity contribution is 0.168. The predicted octanol–water partition coefficient (Wildman–Crippen LogP) is 3.55. The predicted molar refractivity (Wildman–Crippen MR) is 82.6 cm³/mol. The van der Waals surface area contributed by atoms with Crippen LogP contribution in [0, 0.1) is 5.92 Å². The average molecular weight is 281 g/mol. The monoisotopic (exact) mass is 280 g/mol. The van der Waals surface area contributed by atoms with Gasteiger partial charge in [-0.1, -0.05) is 30.7 Å². The molecule has 0 spiro atoms. The van der Waals surface area contributed by atoms with Gasteiger partial charge in [-0.3, -0.25) is 0 Å². The third-order valence-corrected chi connectivity index (χ3v) is 4.58. The summed E-state index contributed by atoms with van der Waals surface area (Å²) in [5.74, 6) is 0.815. The smallest absolute Gasteiger partial charge is 0.0406 e. The van der Waals surface area contributed by atoms with Gasteiger partial charge in [0.25, 0.3) is 0 Å². The van der Waals surface area contributed by atoms with E-state index in [2.05, 4.69) is 36.2 Å². The summed E-state index contributed by atoms with van der Waals surface area (Å²) in [6.45, 7) is 9.22. The number of hydrogen-bond acceptors (Lipinski definition) is 2. The van der Waals surface area contributed by atoms with Crippen LogP contribution >= 0.6 is 11.6 Å². The summed E-state index contributed by atoms with van der Waals surface area (Å²) in [4.78, 5) is 2.54. The lowest BCUT2D eigenvalue weighted by Crippen LogP contribution is -2.41. The van der Waals surface area contributed by atoms with E-state index in [9.17, 15) is 0 Å². The molecule has 0 aliphatic carbocycles. The van der Waals surface area contributed by atoms with Crippen molar-refractivity contribution in [2.45, 2.75) is 39.3 Å². The minimum atomic E-state index is 0.592. The zero-order chi connectivity index (χ0) is 13.7. The van der Waals surface area contributed by atoms with Crippen LogP contribution in [0.25, 0.3) is 0 Å². The number of nitrogens with one attached hydrogen (secondary N) is 1. The molecule has 0 amide bonds. The first kappa shape index (κ1) is 14.8. The zero-order valence-electron chi connectivity index (χ0n) is 12.0. The van der Waals surface area contributed by atoms with Gasteiger partial charge in [0.05, 0.1) is 0 Å². The molecule has 2 nitrogen and oxygen atoms in total. The second-order valence-electron chi connectivity index (χ2n) is 5.57. The van der Waals surface area contributed by atoms with Crippen molar-refractivity contribution in [1.82, 2.24) is 10.2 Å². The number of rotatable bonds is 5. The number of likely N-dealkylation sites (tertiary alicyclic amines) is 1. The van der Waals surface area contributed by atoms with E-state index >= 15 is 0 Å². The number of piperidine rings is 1. The Morgan fingerprint density at radius 2 is 1.89 bits per heavy atom. The first-order chi connectivity index (χ1) is 9.19. The SMILES string of the molecule is CCN1CCC(C(C)NCc2ccc(Cl)cc2)CC1. The highest BCUT2D eigenvalue weighted by molar-refractivity contribution is 6.30. The maximum Gasteiger partial charge on any atom is 0.0406 e. The van der Waals surface area contributed by atoms with E-state index < -0.39 is 0 Å². The summed E-state index contributed by atoms with van der Waals surface area (Å²) in [5.41, 5.74) is 1.31. The molecule has 0 aromatic heterocycles. The zero-order valence-corrected chi connectivity index (χ0v) is 12.8. The van der Waals surface area contributed by atoms with E-state index in [-0.39, 0.29) is 0 Å². The lowest BCUT2D eigenvalue weighted by atomic mass is 9.90. The van der Waals surface area contributed by atoms with E-state index in [1.54, 1.807) is 0 Å². The maximum absolute atomic E-state index is 5.90. The highest BCUT2D eigenvalue weighted by Gasteiger charge is 2.22. The number of nitrogens with zero attached hydrogens (tertiary/aromatic N) is 1. The van der Waals surface area contributed by atoms with Crippen LogP contribution in [-0.4, -0.2) is 30.6 Å². The third-order valence-electron chi connectivity index (χ3n) is 4.33. The van der Waals surface area contributed by atoms with Crippen molar-refractivity contribution in [3.63, 3.8) is 0 Å². The van der Waals surface area contributed by atoms with Gasteiger partial charge in [-0.2, -0.15) is 0 Å². The van der Waals surface area contributed by atoms with Gasteiger partial charge in [0.2, 0.25) is 0 Å². The second-order valence-corrected chi connectivity index (χ2v) is 6.00. The van der Waals surface area contributed by atoms with Gasteiger partial charge in [0.1, 0.15) is 0 Å². The van der Waals surface area contributed by atoms with Crippen LogP contribution in [0.2, 0.25) is 5.02 Å². The van der Waals surface area contributed by atoms with E-state index in [4.69, 9.17) is 11.6 Å². The summed E-state index contributed by atoms with van der Waals surface area (Å²) < 4.78 is 0. The van der Waals surface area contributed by atoms with Gasteiger partial charge < -0.3 is 10.2 Å². The molecular formula is C16H25ClN2. The topological polar surface area (TPSA) is 15.3 Å². The molecule has 1 aliphatic heterocycles. The molecule has 0 saturated carbocycles. The minimum Gasteiger partial charge on any atom is -0.310 e. The van der Waals surface area contributed by atoms with Crippen LogP contribution in [-0.2, 0) is 6.54 Å². The van der Waals surface area contributed by atoms with Crippen molar-refractivity contribution in [2.24, 2.45) is 5.92 Å². The van der Waals surface area contributed by atoms with Crippen LogP contribution in [0.1, 0.15) is 32.3 Å². The van der Waals surface area contributed by atoms with Crippen LogP contribution in [0.3, 0.4) is 0 Å². The minimum absolute atomic E-state index is 0.592. The lowest BCUT2D eigenvalue weighted by Gasteiger charge is -2.34. The summed E-state index contributed by atoms with van der Waals surface area (Å²) >= 11 is 5.90. The van der Waals surface area contributed by atoms with Crippen LogP contribution < -0.4 is 5.32 Å². The van der Waals surface area contributed by atoms with Gasteiger partial charge in [0, 0.05) is 17.6 Å². The number of benzene rings is 1. The molecule has 0 radical (unpaired) electrons. The Balaban J connectivity index is 1.75. The van der Waals surface area contributed by atoms with Crippen molar-refractivity contribution in [1.29, 1.82) is 0 Å². The van der Waals surface area contributed by atoms with Gasteiger partial charge >= 0.3 is 0 Å². The molecule has 1 aromatic carbocycles. The Morgan fingerprint density at radius 3 is 2.47 bits per heavy atom. The van der Waals surface area contributed by atoms with Crippen LogP contribution in [0.5, 0.6) is 0 Å².